The summed E-state index contributed by atoms with van der Waals surface area (Å²) in [6.45, 7) is 1.93. The van der Waals surface area contributed by atoms with Crippen molar-refractivity contribution >= 4 is 28.8 Å². The van der Waals surface area contributed by atoms with Gasteiger partial charge in [-0.3, -0.25) is 4.79 Å². The van der Waals surface area contributed by atoms with Crippen LogP contribution in [0.25, 0.3) is 11.2 Å². The lowest BCUT2D eigenvalue weighted by Crippen LogP contribution is -2.32. The molecule has 2 aromatic heterocycles. The van der Waals surface area contributed by atoms with Crippen molar-refractivity contribution in [3.8, 4) is 0 Å². The number of carbonyl (C=O) groups excluding carboxylic acids is 1. The zero-order valence-electron chi connectivity index (χ0n) is 14.7. The Hall–Kier alpha value is -2.52. The Morgan fingerprint density at radius 1 is 1.30 bits per heavy atom. The third kappa shape index (κ3) is 4.42. The van der Waals surface area contributed by atoms with Gasteiger partial charge < -0.3 is 10.1 Å². The summed E-state index contributed by atoms with van der Waals surface area (Å²) in [6.07, 6.45) is 3.69. The summed E-state index contributed by atoms with van der Waals surface area (Å²) in [7, 11) is 0. The van der Waals surface area contributed by atoms with Crippen molar-refractivity contribution in [3.05, 3.63) is 42.2 Å². The number of carbonyl (C=O) groups is 1. The lowest BCUT2D eigenvalue weighted by Gasteiger charge is -2.10. The van der Waals surface area contributed by atoms with E-state index in [4.69, 9.17) is 4.74 Å². The molecule has 1 saturated heterocycles. The number of thioether (sulfide) groups is 1. The quantitative estimate of drug-likeness (QED) is 0.489. The number of amides is 1. The molecule has 0 saturated carbocycles. The van der Waals surface area contributed by atoms with Crippen LogP contribution >= 0.6 is 11.8 Å². The maximum absolute atomic E-state index is 12.1. The van der Waals surface area contributed by atoms with Crippen LogP contribution in [0.15, 0.2) is 41.7 Å². The van der Waals surface area contributed by atoms with E-state index in [1.165, 1.54) is 18.1 Å². The molecular formula is C18H20N6O2S. The van der Waals surface area contributed by atoms with E-state index in [9.17, 15) is 4.79 Å². The molecule has 27 heavy (non-hydrogen) atoms. The van der Waals surface area contributed by atoms with Gasteiger partial charge in [-0.25, -0.2) is 14.6 Å². The molecule has 0 aliphatic carbocycles. The van der Waals surface area contributed by atoms with Crippen LogP contribution in [0.4, 0.5) is 0 Å². The van der Waals surface area contributed by atoms with Gasteiger partial charge >= 0.3 is 0 Å². The molecule has 1 N–H and O–H groups in total. The average molecular weight is 384 g/mol. The first-order chi connectivity index (χ1) is 13.3. The minimum atomic E-state index is -0.0426. The highest BCUT2D eigenvalue weighted by atomic mass is 32.2. The van der Waals surface area contributed by atoms with E-state index in [0.717, 1.165) is 25.0 Å². The van der Waals surface area contributed by atoms with Crippen LogP contribution in [0.1, 0.15) is 18.4 Å². The van der Waals surface area contributed by atoms with Crippen LogP contribution in [0.3, 0.4) is 0 Å². The first kappa shape index (κ1) is 17.9. The van der Waals surface area contributed by atoms with Gasteiger partial charge in [0.1, 0.15) is 11.4 Å². The molecular weight excluding hydrogens is 364 g/mol. The summed E-state index contributed by atoms with van der Waals surface area (Å²) in [5, 5.41) is 12.0. The van der Waals surface area contributed by atoms with Crippen LogP contribution in [0.2, 0.25) is 0 Å². The van der Waals surface area contributed by atoms with Crippen molar-refractivity contribution in [2.75, 3.05) is 18.9 Å². The highest BCUT2D eigenvalue weighted by Gasteiger charge is 2.17. The fourth-order valence-electron chi connectivity index (χ4n) is 2.96. The predicted octanol–water partition coefficient (Wildman–Crippen LogP) is 1.66. The van der Waals surface area contributed by atoms with Gasteiger partial charge in [-0.1, -0.05) is 47.3 Å². The number of nitrogens with one attached hydrogen (secondary N) is 1. The zero-order valence-corrected chi connectivity index (χ0v) is 15.6. The normalized spacial score (nSPS) is 16.7. The summed E-state index contributed by atoms with van der Waals surface area (Å²) in [5.41, 5.74) is 2.40. The molecule has 1 atom stereocenters. The highest BCUT2D eigenvalue weighted by molar-refractivity contribution is 8.00. The summed E-state index contributed by atoms with van der Waals surface area (Å²) < 4.78 is 7.26. The van der Waals surface area contributed by atoms with Gasteiger partial charge in [-0.15, -0.1) is 5.10 Å². The fourth-order valence-corrected chi connectivity index (χ4v) is 3.72. The van der Waals surface area contributed by atoms with Gasteiger partial charge in [-0.2, -0.15) is 0 Å². The van der Waals surface area contributed by atoms with Crippen molar-refractivity contribution in [3.63, 3.8) is 0 Å². The first-order valence-electron chi connectivity index (χ1n) is 8.89. The number of benzene rings is 1. The minimum absolute atomic E-state index is 0.0426. The van der Waals surface area contributed by atoms with E-state index in [1.807, 2.05) is 30.3 Å². The Labute approximate surface area is 160 Å². The predicted molar refractivity (Wildman–Crippen MR) is 101 cm³/mol. The van der Waals surface area contributed by atoms with E-state index in [0.29, 0.717) is 29.3 Å². The summed E-state index contributed by atoms with van der Waals surface area (Å²) >= 11 is 1.34. The molecule has 0 bridgehead atoms. The Morgan fingerprint density at radius 3 is 3.00 bits per heavy atom. The summed E-state index contributed by atoms with van der Waals surface area (Å²) in [6, 6.07) is 10.0. The second-order valence-electron chi connectivity index (χ2n) is 6.31. The molecule has 1 aliphatic rings. The van der Waals surface area contributed by atoms with Crippen LogP contribution in [0.5, 0.6) is 0 Å². The Balaban J connectivity index is 1.39. The maximum Gasteiger partial charge on any atom is 0.230 e. The molecule has 1 fully saturated rings. The van der Waals surface area contributed by atoms with E-state index < -0.39 is 0 Å². The van der Waals surface area contributed by atoms with Crippen LogP contribution in [-0.4, -0.2) is 55.9 Å². The van der Waals surface area contributed by atoms with Crippen molar-refractivity contribution in [1.82, 2.24) is 30.3 Å². The second kappa shape index (κ2) is 8.45. The number of rotatable bonds is 7. The molecule has 3 heterocycles. The molecule has 140 valence electrons. The fraction of sp³-hybridized carbons (Fsp3) is 0.389. The molecule has 8 nitrogen and oxygen atoms in total. The first-order valence-corrected chi connectivity index (χ1v) is 9.87. The Morgan fingerprint density at radius 2 is 2.19 bits per heavy atom. The van der Waals surface area contributed by atoms with Gasteiger partial charge in [0.2, 0.25) is 5.91 Å². The molecule has 1 aliphatic heterocycles. The van der Waals surface area contributed by atoms with Gasteiger partial charge in [-0.05, 0) is 18.4 Å². The van der Waals surface area contributed by atoms with Crippen molar-refractivity contribution in [2.24, 2.45) is 0 Å². The number of hydrogen-bond acceptors (Lipinski definition) is 7. The van der Waals surface area contributed by atoms with E-state index in [1.54, 1.807) is 4.68 Å². The molecule has 1 aromatic carbocycles. The van der Waals surface area contributed by atoms with Crippen LogP contribution in [-0.2, 0) is 16.1 Å². The smallest absolute Gasteiger partial charge is 0.230 e. The molecule has 1 unspecified atom stereocenters. The summed E-state index contributed by atoms with van der Waals surface area (Å²) in [4.78, 5) is 20.7. The van der Waals surface area contributed by atoms with Crippen molar-refractivity contribution in [2.45, 2.75) is 30.5 Å². The highest BCUT2D eigenvalue weighted by Crippen LogP contribution is 2.22. The van der Waals surface area contributed by atoms with Crippen molar-refractivity contribution in [1.29, 1.82) is 0 Å². The van der Waals surface area contributed by atoms with Gasteiger partial charge in [0.25, 0.3) is 0 Å². The number of hydrogen-bond donors (Lipinski definition) is 1. The van der Waals surface area contributed by atoms with Crippen molar-refractivity contribution < 1.29 is 9.53 Å². The average Bonchev–Trinajstić information content (AvgIpc) is 3.36. The molecule has 0 radical (unpaired) electrons. The Kier molecular flexibility index (Phi) is 5.59. The standard InChI is InChI=1S/C18H20N6O2S/c25-15(19-9-14-7-4-8-26-14)11-27-18-16-17(20-12-21-18)24(23-22-16)10-13-5-2-1-3-6-13/h1-3,5-6,12,14H,4,7-11H2,(H,19,25). The number of ether oxygens (including phenoxy) is 1. The molecule has 1 amide bonds. The number of nitrogens with zero attached hydrogens (tertiary/aromatic N) is 5. The van der Waals surface area contributed by atoms with Gasteiger partial charge in [0.15, 0.2) is 11.2 Å². The second-order valence-corrected chi connectivity index (χ2v) is 7.28. The van der Waals surface area contributed by atoms with E-state index in [2.05, 4.69) is 25.6 Å². The van der Waals surface area contributed by atoms with E-state index >= 15 is 0 Å². The van der Waals surface area contributed by atoms with Gasteiger partial charge in [0, 0.05) is 13.2 Å². The topological polar surface area (TPSA) is 94.8 Å². The molecule has 3 aromatic rings. The lowest BCUT2D eigenvalue weighted by atomic mass is 10.2. The number of fused-ring (bicyclic) bond motifs is 1. The van der Waals surface area contributed by atoms with Crippen LogP contribution in [0, 0.1) is 0 Å². The van der Waals surface area contributed by atoms with Crippen LogP contribution < -0.4 is 5.32 Å². The SMILES string of the molecule is O=C(CSc1ncnc2c1nnn2Cc1ccccc1)NCC1CCCO1. The lowest BCUT2D eigenvalue weighted by molar-refractivity contribution is -0.119. The minimum Gasteiger partial charge on any atom is -0.376 e. The molecule has 0 spiro atoms. The molecule has 9 heteroatoms. The molecule has 4 rings (SSSR count). The largest absolute Gasteiger partial charge is 0.376 e. The Bertz CT molecular complexity index is 911. The zero-order chi connectivity index (χ0) is 18.5. The third-order valence-corrected chi connectivity index (χ3v) is 5.31. The van der Waals surface area contributed by atoms with Gasteiger partial charge in [0.05, 0.1) is 18.4 Å². The number of aromatic nitrogens is 5. The van der Waals surface area contributed by atoms with E-state index in [-0.39, 0.29) is 17.8 Å². The summed E-state index contributed by atoms with van der Waals surface area (Å²) in [5.74, 6) is 0.226. The maximum atomic E-state index is 12.1. The monoisotopic (exact) mass is 384 g/mol. The third-order valence-electron chi connectivity index (χ3n) is 4.33.